The van der Waals surface area contributed by atoms with Crippen molar-refractivity contribution in [3.63, 3.8) is 0 Å². The zero-order valence-electron chi connectivity index (χ0n) is 15.4. The first-order chi connectivity index (χ1) is 12.6. The van der Waals surface area contributed by atoms with Gasteiger partial charge < -0.3 is 9.88 Å². The molecule has 0 atom stereocenters. The van der Waals surface area contributed by atoms with Crippen molar-refractivity contribution in [1.29, 1.82) is 0 Å². The van der Waals surface area contributed by atoms with E-state index in [0.29, 0.717) is 13.1 Å². The summed E-state index contributed by atoms with van der Waals surface area (Å²) in [5.74, 6) is -0.0742. The van der Waals surface area contributed by atoms with Crippen molar-refractivity contribution in [2.45, 2.75) is 81.8 Å². The summed E-state index contributed by atoms with van der Waals surface area (Å²) in [6.45, 7) is 1.22. The Kier molecular flexibility index (Phi) is 6.69. The Hall–Kier alpha value is -1.41. The van der Waals surface area contributed by atoms with E-state index >= 15 is 0 Å². The Morgan fingerprint density at radius 3 is 2.35 bits per heavy atom. The highest BCUT2D eigenvalue weighted by molar-refractivity contribution is 7.89. The molecule has 0 aromatic carbocycles. The molecule has 1 amide bonds. The van der Waals surface area contributed by atoms with Crippen LogP contribution in [0.15, 0.2) is 17.6 Å². The van der Waals surface area contributed by atoms with Gasteiger partial charge in [-0.1, -0.05) is 38.5 Å². The molecule has 1 aromatic rings. The molecule has 2 aliphatic rings. The van der Waals surface area contributed by atoms with E-state index in [1.807, 2.05) is 0 Å². The maximum atomic E-state index is 12.6. The fraction of sp³-hybridized carbons (Fsp3) is 0.778. The summed E-state index contributed by atoms with van der Waals surface area (Å²) >= 11 is 0. The molecular weight excluding hydrogens is 352 g/mol. The highest BCUT2D eigenvalue weighted by Gasteiger charge is 2.28. The minimum atomic E-state index is -3.54. The average Bonchev–Trinajstić information content (AvgIpc) is 3.07. The molecule has 1 saturated heterocycles. The number of amides is 1. The molecule has 2 fully saturated rings. The predicted molar refractivity (Wildman–Crippen MR) is 99.1 cm³/mol. The van der Waals surface area contributed by atoms with Gasteiger partial charge in [-0.3, -0.25) is 4.79 Å². The molecule has 2 heterocycles. The first-order valence-corrected chi connectivity index (χ1v) is 11.3. The van der Waals surface area contributed by atoms with Crippen LogP contribution < -0.4 is 5.32 Å². The van der Waals surface area contributed by atoms with Gasteiger partial charge >= 0.3 is 0 Å². The van der Waals surface area contributed by atoms with Gasteiger partial charge in [0.1, 0.15) is 6.54 Å². The summed E-state index contributed by atoms with van der Waals surface area (Å²) in [5.41, 5.74) is 0. The Morgan fingerprint density at radius 2 is 1.65 bits per heavy atom. The van der Waals surface area contributed by atoms with Crippen LogP contribution in [0, 0.1) is 0 Å². The number of sulfonamides is 1. The summed E-state index contributed by atoms with van der Waals surface area (Å²) in [5, 5.41) is 3.14. The predicted octanol–water partition coefficient (Wildman–Crippen LogP) is 2.29. The molecule has 1 saturated carbocycles. The van der Waals surface area contributed by atoms with Crippen LogP contribution in [0.25, 0.3) is 0 Å². The molecule has 1 aliphatic heterocycles. The number of carbonyl (C=O) groups excluding carboxylic acids is 1. The van der Waals surface area contributed by atoms with E-state index in [2.05, 4.69) is 10.3 Å². The second kappa shape index (κ2) is 8.99. The lowest BCUT2D eigenvalue weighted by Gasteiger charge is -2.24. The standard InChI is InChI=1S/C18H30N4O3S/c23-17(20-16-9-5-2-1-3-6-10-16)13-21-14-18(19-15-21)26(24,25)22-11-7-4-8-12-22/h14-16H,1-13H2,(H,20,23). The van der Waals surface area contributed by atoms with Crippen molar-refractivity contribution >= 4 is 15.9 Å². The second-order valence-electron chi connectivity index (χ2n) is 7.46. The lowest BCUT2D eigenvalue weighted by molar-refractivity contribution is -0.122. The molecule has 7 nitrogen and oxygen atoms in total. The van der Waals surface area contributed by atoms with Crippen LogP contribution in [-0.2, 0) is 21.4 Å². The van der Waals surface area contributed by atoms with Gasteiger partial charge in [0, 0.05) is 25.3 Å². The monoisotopic (exact) mass is 382 g/mol. The van der Waals surface area contributed by atoms with Crippen molar-refractivity contribution in [3.8, 4) is 0 Å². The van der Waals surface area contributed by atoms with Crippen molar-refractivity contribution in [3.05, 3.63) is 12.5 Å². The van der Waals surface area contributed by atoms with Crippen molar-refractivity contribution in [2.24, 2.45) is 0 Å². The molecule has 26 heavy (non-hydrogen) atoms. The first-order valence-electron chi connectivity index (χ1n) is 9.87. The van der Waals surface area contributed by atoms with Gasteiger partial charge in [0.15, 0.2) is 5.03 Å². The molecular formula is C18H30N4O3S. The smallest absolute Gasteiger partial charge is 0.262 e. The van der Waals surface area contributed by atoms with Crippen LogP contribution >= 0.6 is 0 Å². The van der Waals surface area contributed by atoms with Gasteiger partial charge in [-0.15, -0.1) is 0 Å². The summed E-state index contributed by atoms with van der Waals surface area (Å²) < 4.78 is 28.3. The fourth-order valence-electron chi connectivity index (χ4n) is 3.84. The zero-order chi connectivity index (χ0) is 18.4. The second-order valence-corrected chi connectivity index (χ2v) is 9.34. The van der Waals surface area contributed by atoms with Gasteiger partial charge in [0.25, 0.3) is 10.0 Å². The third-order valence-corrected chi connectivity index (χ3v) is 7.11. The number of nitrogens with zero attached hydrogens (tertiary/aromatic N) is 3. The lowest BCUT2D eigenvalue weighted by atomic mass is 9.97. The van der Waals surface area contributed by atoms with Crippen LogP contribution in [0.4, 0.5) is 0 Å². The Balaban J connectivity index is 1.56. The van der Waals surface area contributed by atoms with Crippen LogP contribution in [0.2, 0.25) is 0 Å². The van der Waals surface area contributed by atoms with E-state index < -0.39 is 10.0 Å². The molecule has 8 heteroatoms. The average molecular weight is 383 g/mol. The van der Waals surface area contributed by atoms with E-state index in [4.69, 9.17) is 0 Å². The number of hydrogen-bond acceptors (Lipinski definition) is 4. The molecule has 146 valence electrons. The van der Waals surface area contributed by atoms with E-state index in [0.717, 1.165) is 44.9 Å². The Morgan fingerprint density at radius 1 is 1.04 bits per heavy atom. The van der Waals surface area contributed by atoms with Gasteiger partial charge in [-0.05, 0) is 25.7 Å². The van der Waals surface area contributed by atoms with Gasteiger partial charge in [0.05, 0.1) is 6.33 Å². The molecule has 0 bridgehead atoms. The fourth-order valence-corrected chi connectivity index (χ4v) is 5.29. The third kappa shape index (κ3) is 5.07. The highest BCUT2D eigenvalue weighted by atomic mass is 32.2. The number of imidazole rings is 1. The summed E-state index contributed by atoms with van der Waals surface area (Å²) in [6, 6.07) is 0.239. The first kappa shape index (κ1) is 19.4. The molecule has 0 unspecified atom stereocenters. The molecule has 1 aliphatic carbocycles. The van der Waals surface area contributed by atoms with Crippen LogP contribution in [0.5, 0.6) is 0 Å². The van der Waals surface area contributed by atoms with Crippen LogP contribution in [0.1, 0.15) is 64.2 Å². The lowest BCUT2D eigenvalue weighted by Crippen LogP contribution is -2.37. The topological polar surface area (TPSA) is 84.3 Å². The van der Waals surface area contributed by atoms with Crippen LogP contribution in [0.3, 0.4) is 0 Å². The van der Waals surface area contributed by atoms with Gasteiger partial charge in [-0.2, -0.15) is 4.31 Å². The van der Waals surface area contributed by atoms with Crippen molar-refractivity contribution < 1.29 is 13.2 Å². The molecule has 1 N–H and O–H groups in total. The maximum Gasteiger partial charge on any atom is 0.262 e. The third-order valence-electron chi connectivity index (χ3n) is 5.33. The number of carbonyl (C=O) groups is 1. The van der Waals surface area contributed by atoms with Gasteiger partial charge in [0.2, 0.25) is 5.91 Å². The van der Waals surface area contributed by atoms with Crippen molar-refractivity contribution in [2.75, 3.05) is 13.1 Å². The quantitative estimate of drug-likeness (QED) is 0.847. The SMILES string of the molecule is O=C(Cn1cnc(S(=O)(=O)N2CCCCC2)c1)NC1CCCCCCC1. The highest BCUT2D eigenvalue weighted by Crippen LogP contribution is 2.19. The van der Waals surface area contributed by atoms with E-state index in [1.165, 1.54) is 36.1 Å². The Labute approximate surface area is 156 Å². The van der Waals surface area contributed by atoms with Crippen molar-refractivity contribution in [1.82, 2.24) is 19.2 Å². The van der Waals surface area contributed by atoms with E-state index in [9.17, 15) is 13.2 Å². The Bertz CT molecular complexity index is 687. The minimum absolute atomic E-state index is 0.0400. The number of piperidine rings is 1. The normalized spacial score (nSPS) is 21.1. The van der Waals surface area contributed by atoms with E-state index in [1.54, 1.807) is 4.57 Å². The van der Waals surface area contributed by atoms with Crippen LogP contribution in [-0.4, -0.2) is 47.3 Å². The summed E-state index contributed by atoms with van der Waals surface area (Å²) in [7, 11) is -3.54. The molecule has 0 spiro atoms. The zero-order valence-corrected chi connectivity index (χ0v) is 16.2. The number of rotatable bonds is 5. The molecule has 0 radical (unpaired) electrons. The van der Waals surface area contributed by atoms with Gasteiger partial charge in [-0.25, -0.2) is 13.4 Å². The largest absolute Gasteiger partial charge is 0.352 e. The summed E-state index contributed by atoms with van der Waals surface area (Å²) in [6.07, 6.45) is 13.9. The number of nitrogens with one attached hydrogen (secondary N) is 1. The molecule has 1 aromatic heterocycles. The maximum absolute atomic E-state index is 12.6. The number of aromatic nitrogens is 2. The number of hydrogen-bond donors (Lipinski definition) is 1. The minimum Gasteiger partial charge on any atom is -0.352 e. The van der Waals surface area contributed by atoms with E-state index in [-0.39, 0.29) is 23.5 Å². The molecule has 3 rings (SSSR count). The summed E-state index contributed by atoms with van der Waals surface area (Å²) in [4.78, 5) is 16.4.